The molecule has 14 heavy (non-hydrogen) atoms. The third kappa shape index (κ3) is 2.70. The van der Waals surface area contributed by atoms with Gasteiger partial charge >= 0.3 is 5.97 Å². The molecule has 0 amide bonds. The molecule has 0 aromatic carbocycles. The van der Waals surface area contributed by atoms with Gasteiger partial charge in [0.2, 0.25) is 0 Å². The molecule has 1 rings (SSSR count). The van der Waals surface area contributed by atoms with Crippen LogP contribution in [0.4, 0.5) is 0 Å². The van der Waals surface area contributed by atoms with Gasteiger partial charge in [-0.3, -0.25) is 9.78 Å². The molecule has 0 bridgehead atoms. The lowest BCUT2D eigenvalue weighted by Crippen LogP contribution is -2.13. The van der Waals surface area contributed by atoms with E-state index in [1.54, 1.807) is 19.2 Å². The van der Waals surface area contributed by atoms with E-state index >= 15 is 0 Å². The zero-order valence-corrected chi connectivity index (χ0v) is 8.88. The van der Waals surface area contributed by atoms with Crippen LogP contribution in [0.3, 0.4) is 0 Å². The van der Waals surface area contributed by atoms with E-state index in [1.807, 2.05) is 6.92 Å². The number of hydrogen-bond donors (Lipinski definition) is 1. The molecule has 0 fully saturated rings. The third-order valence-corrected chi connectivity index (χ3v) is 2.28. The normalized spacial score (nSPS) is 12.5. The maximum Gasteiger partial charge on any atom is 0.306 e. The zero-order chi connectivity index (χ0) is 10.7. The number of aliphatic carboxylic acids is 1. The largest absolute Gasteiger partial charge is 0.481 e. The fraction of sp³-hybridized carbons (Fsp3) is 0.400. The minimum Gasteiger partial charge on any atom is -0.481 e. The molecule has 1 atom stereocenters. The number of carbonyl (C=O) groups is 1. The van der Waals surface area contributed by atoms with E-state index in [2.05, 4.69) is 4.98 Å². The molecule has 0 saturated heterocycles. The van der Waals surface area contributed by atoms with E-state index in [9.17, 15) is 4.79 Å². The Morgan fingerprint density at radius 2 is 2.36 bits per heavy atom. The Kier molecular flexibility index (Phi) is 3.47. The van der Waals surface area contributed by atoms with Gasteiger partial charge in [-0.05, 0) is 18.6 Å². The lowest BCUT2D eigenvalue weighted by molar-refractivity contribution is -0.141. The van der Waals surface area contributed by atoms with Crippen molar-refractivity contribution in [3.05, 3.63) is 28.5 Å². The Balaban J connectivity index is 2.82. The van der Waals surface area contributed by atoms with Crippen LogP contribution in [0.5, 0.6) is 0 Å². The second-order valence-corrected chi connectivity index (χ2v) is 3.80. The maximum atomic E-state index is 10.6. The van der Waals surface area contributed by atoms with Crippen LogP contribution in [0.25, 0.3) is 0 Å². The minimum absolute atomic E-state index is 0.414. The maximum absolute atomic E-state index is 10.6. The van der Waals surface area contributed by atoms with E-state index in [0.29, 0.717) is 11.4 Å². The summed E-state index contributed by atoms with van der Waals surface area (Å²) in [7, 11) is 0. The van der Waals surface area contributed by atoms with Crippen molar-refractivity contribution < 1.29 is 9.90 Å². The molecular weight excluding hydrogens is 202 g/mol. The Hall–Kier alpha value is -1.09. The topological polar surface area (TPSA) is 50.2 Å². The summed E-state index contributed by atoms with van der Waals surface area (Å²) in [5, 5.41) is 9.31. The van der Waals surface area contributed by atoms with Crippen LogP contribution in [0.2, 0.25) is 5.02 Å². The molecule has 1 heterocycles. The molecule has 0 aliphatic rings. The van der Waals surface area contributed by atoms with Crippen LogP contribution in [-0.2, 0) is 11.2 Å². The van der Waals surface area contributed by atoms with Crippen LogP contribution >= 0.6 is 11.6 Å². The van der Waals surface area contributed by atoms with Crippen molar-refractivity contribution in [1.82, 2.24) is 4.98 Å². The number of rotatable bonds is 3. The fourth-order valence-corrected chi connectivity index (χ4v) is 1.37. The van der Waals surface area contributed by atoms with Gasteiger partial charge in [-0.1, -0.05) is 18.5 Å². The molecule has 76 valence electrons. The number of hydrogen-bond acceptors (Lipinski definition) is 2. The summed E-state index contributed by atoms with van der Waals surface area (Å²) in [5.41, 5.74) is 1.73. The third-order valence-electron chi connectivity index (χ3n) is 2.07. The Bertz CT molecular complexity index is 352. The highest BCUT2D eigenvalue weighted by molar-refractivity contribution is 6.30. The molecule has 4 heteroatoms. The van der Waals surface area contributed by atoms with Gasteiger partial charge in [0.05, 0.1) is 10.9 Å². The SMILES string of the molecule is Cc1cc(Cl)cnc1CC(C)C(=O)O. The van der Waals surface area contributed by atoms with Gasteiger partial charge in [-0.2, -0.15) is 0 Å². The van der Waals surface area contributed by atoms with Crippen molar-refractivity contribution in [3.8, 4) is 0 Å². The average Bonchev–Trinajstić information content (AvgIpc) is 2.09. The smallest absolute Gasteiger partial charge is 0.306 e. The van der Waals surface area contributed by atoms with E-state index in [4.69, 9.17) is 16.7 Å². The van der Waals surface area contributed by atoms with E-state index in [0.717, 1.165) is 11.3 Å². The first kappa shape index (κ1) is 11.0. The lowest BCUT2D eigenvalue weighted by Gasteiger charge is -2.08. The molecular formula is C10H12ClNO2. The van der Waals surface area contributed by atoms with E-state index < -0.39 is 11.9 Å². The fourth-order valence-electron chi connectivity index (χ4n) is 1.16. The van der Waals surface area contributed by atoms with Crippen molar-refractivity contribution in [2.75, 3.05) is 0 Å². The number of carboxylic acid groups (broad SMARTS) is 1. The van der Waals surface area contributed by atoms with Crippen LogP contribution < -0.4 is 0 Å². The first-order chi connectivity index (χ1) is 6.50. The summed E-state index contributed by atoms with van der Waals surface area (Å²) in [6.07, 6.45) is 1.98. The van der Waals surface area contributed by atoms with Gasteiger partial charge in [0.15, 0.2) is 0 Å². The Morgan fingerprint density at radius 3 is 2.86 bits per heavy atom. The van der Waals surface area contributed by atoms with Crippen molar-refractivity contribution in [2.24, 2.45) is 5.92 Å². The van der Waals surface area contributed by atoms with Gasteiger partial charge in [0.1, 0.15) is 0 Å². The molecule has 1 aromatic heterocycles. The van der Waals surface area contributed by atoms with Gasteiger partial charge < -0.3 is 5.11 Å². The Morgan fingerprint density at radius 1 is 1.71 bits per heavy atom. The summed E-state index contributed by atoms with van der Waals surface area (Å²) < 4.78 is 0. The molecule has 1 aromatic rings. The van der Waals surface area contributed by atoms with Crippen LogP contribution in [0.1, 0.15) is 18.2 Å². The number of pyridine rings is 1. The molecule has 1 N–H and O–H groups in total. The van der Waals surface area contributed by atoms with Gasteiger partial charge in [-0.15, -0.1) is 0 Å². The first-order valence-corrected chi connectivity index (χ1v) is 4.72. The van der Waals surface area contributed by atoms with Crippen LogP contribution in [0.15, 0.2) is 12.3 Å². The second kappa shape index (κ2) is 4.42. The van der Waals surface area contributed by atoms with Gasteiger partial charge in [0.25, 0.3) is 0 Å². The first-order valence-electron chi connectivity index (χ1n) is 4.34. The lowest BCUT2D eigenvalue weighted by atomic mass is 10.0. The highest BCUT2D eigenvalue weighted by Gasteiger charge is 2.13. The predicted octanol–water partition coefficient (Wildman–Crippen LogP) is 2.31. The molecule has 1 unspecified atom stereocenters. The van der Waals surface area contributed by atoms with Crippen molar-refractivity contribution in [1.29, 1.82) is 0 Å². The minimum atomic E-state index is -0.804. The summed E-state index contributed by atoms with van der Waals surface area (Å²) in [6, 6.07) is 1.79. The number of nitrogens with zero attached hydrogens (tertiary/aromatic N) is 1. The highest BCUT2D eigenvalue weighted by Crippen LogP contribution is 2.15. The molecule has 0 spiro atoms. The summed E-state index contributed by atoms with van der Waals surface area (Å²) in [6.45, 7) is 3.54. The summed E-state index contributed by atoms with van der Waals surface area (Å²) >= 11 is 5.74. The summed E-state index contributed by atoms with van der Waals surface area (Å²) in [5.74, 6) is -1.22. The quantitative estimate of drug-likeness (QED) is 0.838. The van der Waals surface area contributed by atoms with Crippen LogP contribution in [0, 0.1) is 12.8 Å². The Labute approximate surface area is 87.7 Å². The monoisotopic (exact) mass is 213 g/mol. The average molecular weight is 214 g/mol. The van der Waals surface area contributed by atoms with Crippen molar-refractivity contribution >= 4 is 17.6 Å². The molecule has 0 aliphatic heterocycles. The van der Waals surface area contributed by atoms with Crippen molar-refractivity contribution in [3.63, 3.8) is 0 Å². The highest BCUT2D eigenvalue weighted by atomic mass is 35.5. The number of aryl methyl sites for hydroxylation is 1. The van der Waals surface area contributed by atoms with E-state index in [1.165, 1.54) is 0 Å². The van der Waals surface area contributed by atoms with Gasteiger partial charge in [0, 0.05) is 18.3 Å². The number of carboxylic acids is 1. The molecule has 0 aliphatic carbocycles. The zero-order valence-electron chi connectivity index (χ0n) is 8.12. The van der Waals surface area contributed by atoms with Crippen LogP contribution in [-0.4, -0.2) is 16.1 Å². The number of aromatic nitrogens is 1. The van der Waals surface area contributed by atoms with Crippen molar-refractivity contribution in [2.45, 2.75) is 20.3 Å². The molecule has 0 radical (unpaired) electrons. The van der Waals surface area contributed by atoms with Gasteiger partial charge in [-0.25, -0.2) is 0 Å². The summed E-state index contributed by atoms with van der Waals surface area (Å²) in [4.78, 5) is 14.7. The molecule has 3 nitrogen and oxygen atoms in total. The standard InChI is InChI=1S/C10H12ClNO2/c1-6-3-8(11)5-12-9(6)4-7(2)10(13)14/h3,5,7H,4H2,1-2H3,(H,13,14). The predicted molar refractivity (Wildman–Crippen MR) is 54.5 cm³/mol. The molecule has 0 saturated carbocycles. The van der Waals surface area contributed by atoms with E-state index in [-0.39, 0.29) is 0 Å². The number of halogens is 1. The second-order valence-electron chi connectivity index (χ2n) is 3.36.